The van der Waals surface area contributed by atoms with Crippen molar-refractivity contribution < 1.29 is 4.39 Å². The van der Waals surface area contributed by atoms with E-state index in [1.807, 2.05) is 31.0 Å². The smallest absolute Gasteiger partial charge is 0.146 e. The van der Waals surface area contributed by atoms with E-state index in [2.05, 4.69) is 13.8 Å². The summed E-state index contributed by atoms with van der Waals surface area (Å²) in [4.78, 5) is 1.99. The Kier molecular flexibility index (Phi) is 4.94. The Bertz CT molecular complexity index is 363. The van der Waals surface area contributed by atoms with Gasteiger partial charge in [0.05, 0.1) is 5.69 Å². The maximum absolute atomic E-state index is 14.0. The molecule has 0 aliphatic rings. The molecule has 3 heteroatoms. The van der Waals surface area contributed by atoms with Crippen LogP contribution in [0.15, 0.2) is 18.2 Å². The van der Waals surface area contributed by atoms with E-state index in [0.717, 1.165) is 18.4 Å². The van der Waals surface area contributed by atoms with E-state index < -0.39 is 0 Å². The van der Waals surface area contributed by atoms with E-state index in [0.29, 0.717) is 11.7 Å². The maximum atomic E-state index is 14.0. The number of benzene rings is 1. The van der Waals surface area contributed by atoms with E-state index in [-0.39, 0.29) is 11.9 Å². The highest BCUT2D eigenvalue weighted by Gasteiger charge is 2.14. The van der Waals surface area contributed by atoms with Gasteiger partial charge in [-0.05, 0) is 38.0 Å². The molecule has 17 heavy (non-hydrogen) atoms. The molecule has 2 atom stereocenters. The number of hydrogen-bond donors (Lipinski definition) is 1. The third-order valence-corrected chi connectivity index (χ3v) is 3.25. The summed E-state index contributed by atoms with van der Waals surface area (Å²) in [5, 5.41) is 0. The number of anilines is 1. The lowest BCUT2D eigenvalue weighted by molar-refractivity contribution is 0.580. The van der Waals surface area contributed by atoms with E-state index in [1.165, 1.54) is 6.07 Å². The molecule has 0 amide bonds. The molecular weight excluding hydrogens is 215 g/mol. The van der Waals surface area contributed by atoms with Crippen molar-refractivity contribution in [3.05, 3.63) is 29.6 Å². The second-order valence-electron chi connectivity index (χ2n) is 4.75. The summed E-state index contributed by atoms with van der Waals surface area (Å²) in [6, 6.07) is 5.47. The Morgan fingerprint density at radius 1 is 1.35 bits per heavy atom. The fraction of sp³-hybridized carbons (Fsp3) is 0.571. The van der Waals surface area contributed by atoms with Crippen LogP contribution in [0.5, 0.6) is 0 Å². The Labute approximate surface area is 104 Å². The molecule has 2 nitrogen and oxygen atoms in total. The standard InChI is InChI=1S/C14H23FN2/c1-5-6-10(2)17(4)14-8-7-12(11(3)16)9-13(14)15/h7-11H,5-6,16H2,1-4H3/t10?,11-/m0/s1. The summed E-state index contributed by atoms with van der Waals surface area (Å²) in [6.07, 6.45) is 2.16. The summed E-state index contributed by atoms with van der Waals surface area (Å²) in [5.74, 6) is -0.190. The lowest BCUT2D eigenvalue weighted by Crippen LogP contribution is -2.29. The van der Waals surface area contributed by atoms with Gasteiger partial charge in [-0.2, -0.15) is 0 Å². The van der Waals surface area contributed by atoms with Crippen molar-refractivity contribution in [2.45, 2.75) is 45.7 Å². The molecule has 0 saturated carbocycles. The van der Waals surface area contributed by atoms with Crippen LogP contribution in [0.3, 0.4) is 0 Å². The first-order valence-corrected chi connectivity index (χ1v) is 6.25. The SMILES string of the molecule is CCCC(C)N(C)c1ccc([C@H](C)N)cc1F. The molecule has 0 spiro atoms. The van der Waals surface area contributed by atoms with E-state index in [1.54, 1.807) is 0 Å². The average molecular weight is 238 g/mol. The lowest BCUT2D eigenvalue weighted by Gasteiger charge is -2.27. The van der Waals surface area contributed by atoms with Gasteiger partial charge in [-0.25, -0.2) is 4.39 Å². The second kappa shape index (κ2) is 6.01. The topological polar surface area (TPSA) is 29.3 Å². The Morgan fingerprint density at radius 2 is 2.00 bits per heavy atom. The van der Waals surface area contributed by atoms with Gasteiger partial charge in [-0.15, -0.1) is 0 Å². The highest BCUT2D eigenvalue weighted by molar-refractivity contribution is 5.49. The number of nitrogens with zero attached hydrogens (tertiary/aromatic N) is 1. The third-order valence-electron chi connectivity index (χ3n) is 3.25. The first kappa shape index (κ1) is 14.0. The molecule has 2 N–H and O–H groups in total. The van der Waals surface area contributed by atoms with Crippen LogP contribution in [0.25, 0.3) is 0 Å². The summed E-state index contributed by atoms with van der Waals surface area (Å²) in [6.45, 7) is 6.11. The van der Waals surface area contributed by atoms with Gasteiger partial charge in [0.15, 0.2) is 0 Å². The van der Waals surface area contributed by atoms with E-state index in [9.17, 15) is 4.39 Å². The first-order chi connectivity index (χ1) is 7.97. The molecule has 0 aromatic heterocycles. The summed E-state index contributed by atoms with van der Waals surface area (Å²) in [5.41, 5.74) is 7.22. The molecule has 1 unspecified atom stereocenters. The minimum Gasteiger partial charge on any atom is -0.370 e. The molecule has 0 bridgehead atoms. The molecule has 0 fully saturated rings. The highest BCUT2D eigenvalue weighted by atomic mass is 19.1. The third kappa shape index (κ3) is 3.43. The molecule has 0 aliphatic heterocycles. The van der Waals surface area contributed by atoms with Crippen LogP contribution in [0.1, 0.15) is 45.2 Å². The van der Waals surface area contributed by atoms with Crippen molar-refractivity contribution in [3.8, 4) is 0 Å². The molecule has 96 valence electrons. The van der Waals surface area contributed by atoms with Crippen LogP contribution in [-0.2, 0) is 0 Å². The molecule has 0 radical (unpaired) electrons. The Morgan fingerprint density at radius 3 is 2.47 bits per heavy atom. The van der Waals surface area contributed by atoms with Gasteiger partial charge in [-0.1, -0.05) is 19.4 Å². The fourth-order valence-electron chi connectivity index (χ4n) is 1.94. The summed E-state index contributed by atoms with van der Waals surface area (Å²) in [7, 11) is 1.93. The monoisotopic (exact) mass is 238 g/mol. The summed E-state index contributed by atoms with van der Waals surface area (Å²) < 4.78 is 14.0. The van der Waals surface area contributed by atoms with Crippen molar-refractivity contribution in [3.63, 3.8) is 0 Å². The number of nitrogens with two attached hydrogens (primary N) is 1. The Hall–Kier alpha value is -1.09. The van der Waals surface area contributed by atoms with Crippen LogP contribution in [-0.4, -0.2) is 13.1 Å². The Balaban J connectivity index is 2.91. The van der Waals surface area contributed by atoms with Crippen molar-refractivity contribution in [2.24, 2.45) is 5.73 Å². The number of rotatable bonds is 5. The van der Waals surface area contributed by atoms with Crippen LogP contribution < -0.4 is 10.6 Å². The predicted octanol–water partition coefficient (Wildman–Crippen LogP) is 3.47. The molecule has 0 heterocycles. The van der Waals surface area contributed by atoms with Crippen molar-refractivity contribution >= 4 is 5.69 Å². The van der Waals surface area contributed by atoms with Crippen molar-refractivity contribution in [1.82, 2.24) is 0 Å². The van der Waals surface area contributed by atoms with Gasteiger partial charge in [0, 0.05) is 19.1 Å². The number of hydrogen-bond acceptors (Lipinski definition) is 2. The molecule has 0 aliphatic carbocycles. The first-order valence-electron chi connectivity index (χ1n) is 6.25. The fourth-order valence-corrected chi connectivity index (χ4v) is 1.94. The zero-order chi connectivity index (χ0) is 13.0. The van der Waals surface area contributed by atoms with Gasteiger partial charge < -0.3 is 10.6 Å². The van der Waals surface area contributed by atoms with Crippen LogP contribution in [0.4, 0.5) is 10.1 Å². The largest absolute Gasteiger partial charge is 0.370 e. The van der Waals surface area contributed by atoms with Crippen molar-refractivity contribution in [2.75, 3.05) is 11.9 Å². The predicted molar refractivity (Wildman–Crippen MR) is 71.8 cm³/mol. The zero-order valence-electron chi connectivity index (χ0n) is 11.2. The van der Waals surface area contributed by atoms with E-state index in [4.69, 9.17) is 5.73 Å². The number of halogens is 1. The molecular formula is C14H23FN2. The quantitative estimate of drug-likeness (QED) is 0.851. The minimum atomic E-state index is -0.190. The summed E-state index contributed by atoms with van der Waals surface area (Å²) >= 11 is 0. The molecule has 1 rings (SSSR count). The van der Waals surface area contributed by atoms with Gasteiger partial charge >= 0.3 is 0 Å². The normalized spacial score (nSPS) is 14.5. The van der Waals surface area contributed by atoms with Gasteiger partial charge in [0.1, 0.15) is 5.82 Å². The van der Waals surface area contributed by atoms with Crippen LogP contribution in [0, 0.1) is 5.82 Å². The second-order valence-corrected chi connectivity index (χ2v) is 4.75. The highest BCUT2D eigenvalue weighted by Crippen LogP contribution is 2.24. The van der Waals surface area contributed by atoms with E-state index >= 15 is 0 Å². The zero-order valence-corrected chi connectivity index (χ0v) is 11.2. The maximum Gasteiger partial charge on any atom is 0.146 e. The van der Waals surface area contributed by atoms with Crippen LogP contribution >= 0.6 is 0 Å². The lowest BCUT2D eigenvalue weighted by atomic mass is 10.1. The molecule has 1 aromatic carbocycles. The van der Waals surface area contributed by atoms with Crippen LogP contribution in [0.2, 0.25) is 0 Å². The average Bonchev–Trinajstić information content (AvgIpc) is 2.28. The molecule has 1 aromatic rings. The van der Waals surface area contributed by atoms with Gasteiger partial charge in [-0.3, -0.25) is 0 Å². The van der Waals surface area contributed by atoms with Crippen molar-refractivity contribution in [1.29, 1.82) is 0 Å². The molecule has 0 saturated heterocycles. The van der Waals surface area contributed by atoms with Gasteiger partial charge in [0.25, 0.3) is 0 Å². The van der Waals surface area contributed by atoms with Gasteiger partial charge in [0.2, 0.25) is 0 Å². The minimum absolute atomic E-state index is 0.128.